The zero-order valence-electron chi connectivity index (χ0n) is 10.7. The van der Waals surface area contributed by atoms with Gasteiger partial charge < -0.3 is 5.32 Å². The molecular formula is C12H24N2OS. The largest absolute Gasteiger partial charge is 0.355 e. The number of carbonyl (C=O) groups excluding carboxylic acids is 1. The summed E-state index contributed by atoms with van der Waals surface area (Å²) < 4.78 is 0. The van der Waals surface area contributed by atoms with Gasteiger partial charge in [-0.2, -0.15) is 11.8 Å². The highest BCUT2D eigenvalue weighted by atomic mass is 32.2. The molecule has 0 aromatic rings. The fourth-order valence-electron chi connectivity index (χ4n) is 2.35. The summed E-state index contributed by atoms with van der Waals surface area (Å²) in [4.78, 5) is 13.8. The van der Waals surface area contributed by atoms with Gasteiger partial charge >= 0.3 is 0 Å². The molecule has 16 heavy (non-hydrogen) atoms. The molecule has 1 fully saturated rings. The van der Waals surface area contributed by atoms with Gasteiger partial charge in [0, 0.05) is 17.8 Å². The standard InChI is InChI=1S/C12H24N2OS/c1-4-8-13-12(15)9-14(2)10-6-5-7-11(10)16-3/h10-11H,4-9H2,1-3H3,(H,13,15)/t10-,11+/m0/s1. The van der Waals surface area contributed by atoms with Crippen molar-refractivity contribution in [1.82, 2.24) is 10.2 Å². The third kappa shape index (κ3) is 3.98. The minimum atomic E-state index is 0.163. The van der Waals surface area contributed by atoms with E-state index in [0.717, 1.165) is 13.0 Å². The Kier molecular flexibility index (Phi) is 6.21. The molecule has 1 aliphatic rings. The van der Waals surface area contributed by atoms with Crippen LogP contribution in [0.4, 0.5) is 0 Å². The van der Waals surface area contributed by atoms with Gasteiger partial charge in [-0.15, -0.1) is 0 Å². The summed E-state index contributed by atoms with van der Waals surface area (Å²) in [5, 5.41) is 3.64. The van der Waals surface area contributed by atoms with E-state index in [1.54, 1.807) is 0 Å². The number of rotatable bonds is 6. The molecule has 1 rings (SSSR count). The van der Waals surface area contributed by atoms with Gasteiger partial charge in [-0.3, -0.25) is 9.69 Å². The van der Waals surface area contributed by atoms with Gasteiger partial charge in [0.05, 0.1) is 6.54 Å². The number of amides is 1. The lowest BCUT2D eigenvalue weighted by atomic mass is 10.2. The summed E-state index contributed by atoms with van der Waals surface area (Å²) in [6.45, 7) is 3.41. The zero-order chi connectivity index (χ0) is 12.0. The fraction of sp³-hybridized carbons (Fsp3) is 0.917. The molecule has 0 aromatic heterocycles. The summed E-state index contributed by atoms with van der Waals surface area (Å²) in [6.07, 6.45) is 7.02. The normalized spacial score (nSPS) is 25.0. The molecule has 0 bridgehead atoms. The molecule has 4 heteroatoms. The molecule has 94 valence electrons. The number of likely N-dealkylation sites (N-methyl/N-ethyl adjacent to an activating group) is 1. The van der Waals surface area contributed by atoms with E-state index in [2.05, 4.69) is 30.4 Å². The monoisotopic (exact) mass is 244 g/mol. The minimum absolute atomic E-state index is 0.163. The Labute approximate surface area is 103 Å². The van der Waals surface area contributed by atoms with Crippen molar-refractivity contribution in [3.63, 3.8) is 0 Å². The second-order valence-corrected chi connectivity index (χ2v) is 5.61. The highest BCUT2D eigenvalue weighted by Gasteiger charge is 2.30. The summed E-state index contributed by atoms with van der Waals surface area (Å²) in [5.41, 5.74) is 0. The highest BCUT2D eigenvalue weighted by Crippen LogP contribution is 2.31. The predicted molar refractivity (Wildman–Crippen MR) is 70.9 cm³/mol. The molecule has 1 N–H and O–H groups in total. The number of hydrogen-bond acceptors (Lipinski definition) is 3. The summed E-state index contributed by atoms with van der Waals surface area (Å²) in [6, 6.07) is 0.586. The maximum atomic E-state index is 11.6. The molecule has 0 spiro atoms. The topological polar surface area (TPSA) is 32.3 Å². The van der Waals surface area contributed by atoms with Crippen molar-refractivity contribution in [2.45, 2.75) is 43.9 Å². The molecule has 2 atom stereocenters. The zero-order valence-corrected chi connectivity index (χ0v) is 11.5. The molecule has 1 saturated carbocycles. The van der Waals surface area contributed by atoms with Crippen LogP contribution in [0.3, 0.4) is 0 Å². The maximum Gasteiger partial charge on any atom is 0.234 e. The van der Waals surface area contributed by atoms with Crippen molar-refractivity contribution in [3.8, 4) is 0 Å². The molecular weight excluding hydrogens is 220 g/mol. The van der Waals surface area contributed by atoms with E-state index in [0.29, 0.717) is 17.8 Å². The van der Waals surface area contributed by atoms with Crippen molar-refractivity contribution in [2.75, 3.05) is 26.4 Å². The number of nitrogens with zero attached hydrogens (tertiary/aromatic N) is 1. The van der Waals surface area contributed by atoms with Crippen molar-refractivity contribution < 1.29 is 4.79 Å². The lowest BCUT2D eigenvalue weighted by Gasteiger charge is -2.28. The fourth-order valence-corrected chi connectivity index (χ4v) is 3.41. The third-order valence-corrected chi connectivity index (χ3v) is 4.41. The lowest BCUT2D eigenvalue weighted by Crippen LogP contribution is -2.43. The molecule has 0 aromatic carbocycles. The van der Waals surface area contributed by atoms with E-state index in [4.69, 9.17) is 0 Å². The first-order valence-corrected chi connectivity index (χ1v) is 7.47. The van der Waals surface area contributed by atoms with E-state index in [9.17, 15) is 4.79 Å². The third-order valence-electron chi connectivity index (χ3n) is 3.25. The molecule has 0 aliphatic heterocycles. The number of thioether (sulfide) groups is 1. The summed E-state index contributed by atoms with van der Waals surface area (Å²) in [7, 11) is 2.07. The Bertz CT molecular complexity index is 223. The number of hydrogen-bond donors (Lipinski definition) is 1. The first-order chi connectivity index (χ1) is 7.69. The van der Waals surface area contributed by atoms with Crippen LogP contribution in [0, 0.1) is 0 Å². The Hall–Kier alpha value is -0.220. The van der Waals surface area contributed by atoms with Crippen LogP contribution in [0.1, 0.15) is 32.6 Å². The van der Waals surface area contributed by atoms with E-state index >= 15 is 0 Å². The minimum Gasteiger partial charge on any atom is -0.355 e. The number of carbonyl (C=O) groups is 1. The van der Waals surface area contributed by atoms with E-state index in [1.807, 2.05) is 11.8 Å². The second-order valence-electron chi connectivity index (χ2n) is 4.54. The van der Waals surface area contributed by atoms with Crippen LogP contribution in [-0.2, 0) is 4.79 Å². The van der Waals surface area contributed by atoms with Gasteiger partial charge in [0.1, 0.15) is 0 Å². The van der Waals surface area contributed by atoms with Gasteiger partial charge in [-0.1, -0.05) is 13.3 Å². The SMILES string of the molecule is CCCNC(=O)CN(C)[C@H]1CCC[C@H]1SC. The van der Waals surface area contributed by atoms with Crippen LogP contribution < -0.4 is 5.32 Å². The van der Waals surface area contributed by atoms with Crippen LogP contribution in [0.15, 0.2) is 0 Å². The number of nitrogens with one attached hydrogen (secondary N) is 1. The molecule has 3 nitrogen and oxygen atoms in total. The Morgan fingerprint density at radius 2 is 2.25 bits per heavy atom. The smallest absolute Gasteiger partial charge is 0.234 e. The van der Waals surface area contributed by atoms with Crippen LogP contribution in [0.2, 0.25) is 0 Å². The lowest BCUT2D eigenvalue weighted by molar-refractivity contribution is -0.122. The van der Waals surface area contributed by atoms with Crippen molar-refractivity contribution in [3.05, 3.63) is 0 Å². The predicted octanol–water partition coefficient (Wildman–Crippen LogP) is 1.73. The molecule has 0 unspecified atom stereocenters. The van der Waals surface area contributed by atoms with Crippen molar-refractivity contribution in [2.24, 2.45) is 0 Å². The molecule has 0 heterocycles. The molecule has 1 amide bonds. The first-order valence-electron chi connectivity index (χ1n) is 6.18. The Morgan fingerprint density at radius 3 is 2.88 bits per heavy atom. The van der Waals surface area contributed by atoms with Crippen molar-refractivity contribution in [1.29, 1.82) is 0 Å². The van der Waals surface area contributed by atoms with Gasteiger partial charge in [-0.25, -0.2) is 0 Å². The molecule has 1 aliphatic carbocycles. The quantitative estimate of drug-likeness (QED) is 0.772. The van der Waals surface area contributed by atoms with Crippen molar-refractivity contribution >= 4 is 17.7 Å². The van der Waals surface area contributed by atoms with Gasteiger partial charge in [0.2, 0.25) is 5.91 Å². The van der Waals surface area contributed by atoms with Crippen LogP contribution in [0.5, 0.6) is 0 Å². The van der Waals surface area contributed by atoms with E-state index in [1.165, 1.54) is 19.3 Å². The Balaban J connectivity index is 2.33. The average molecular weight is 244 g/mol. The first kappa shape index (κ1) is 13.8. The molecule has 0 saturated heterocycles. The van der Waals surface area contributed by atoms with Gasteiger partial charge in [-0.05, 0) is 32.6 Å². The maximum absolute atomic E-state index is 11.6. The van der Waals surface area contributed by atoms with Gasteiger partial charge in [0.25, 0.3) is 0 Å². The second kappa shape index (κ2) is 7.17. The highest BCUT2D eigenvalue weighted by molar-refractivity contribution is 7.99. The van der Waals surface area contributed by atoms with E-state index in [-0.39, 0.29) is 5.91 Å². The van der Waals surface area contributed by atoms with Crippen LogP contribution in [0.25, 0.3) is 0 Å². The Morgan fingerprint density at radius 1 is 1.50 bits per heavy atom. The van der Waals surface area contributed by atoms with Crippen LogP contribution >= 0.6 is 11.8 Å². The average Bonchev–Trinajstić information content (AvgIpc) is 2.74. The molecule has 0 radical (unpaired) electrons. The van der Waals surface area contributed by atoms with E-state index < -0.39 is 0 Å². The van der Waals surface area contributed by atoms with Crippen LogP contribution in [-0.4, -0.2) is 48.5 Å². The summed E-state index contributed by atoms with van der Waals surface area (Å²) in [5.74, 6) is 0.163. The summed E-state index contributed by atoms with van der Waals surface area (Å²) >= 11 is 1.94. The van der Waals surface area contributed by atoms with Gasteiger partial charge in [0.15, 0.2) is 0 Å².